The van der Waals surface area contributed by atoms with Crippen LogP contribution in [0, 0.1) is 46.5 Å². The molecule has 288 valence electrons. The number of benzene rings is 6. The van der Waals surface area contributed by atoms with Crippen molar-refractivity contribution < 1.29 is 44.6 Å². The van der Waals surface area contributed by atoms with E-state index in [4.69, 9.17) is 9.47 Å². The van der Waals surface area contributed by atoms with Gasteiger partial charge in [-0.3, -0.25) is 0 Å². The van der Waals surface area contributed by atoms with Crippen LogP contribution in [0.25, 0.3) is 0 Å². The van der Waals surface area contributed by atoms with Gasteiger partial charge in [0.05, 0.1) is 37.7 Å². The van der Waals surface area contributed by atoms with Crippen molar-refractivity contribution in [2.45, 2.75) is 24.9 Å². The summed E-state index contributed by atoms with van der Waals surface area (Å²) in [5, 5.41) is 0. The van der Waals surface area contributed by atoms with Gasteiger partial charge in [-0.1, -0.05) is 36.4 Å². The second-order valence-electron chi connectivity index (χ2n) is 13.3. The number of halogens is 8. The van der Waals surface area contributed by atoms with Gasteiger partial charge in [0.1, 0.15) is 11.5 Å². The molecule has 0 radical (unpaired) electrons. The quantitative estimate of drug-likeness (QED) is 0.157. The molecule has 0 saturated carbocycles. The van der Waals surface area contributed by atoms with Gasteiger partial charge in [0, 0.05) is 13.1 Å². The Hall–Kier alpha value is -6.04. The van der Waals surface area contributed by atoms with Crippen LogP contribution < -0.4 is 19.3 Å². The maximum atomic E-state index is 14.5. The molecule has 2 aliphatic heterocycles. The summed E-state index contributed by atoms with van der Waals surface area (Å²) >= 11 is 0. The lowest BCUT2D eigenvalue weighted by molar-refractivity contribution is 0.413. The molecule has 12 heteroatoms. The Labute approximate surface area is 318 Å². The normalized spacial score (nSPS) is 16.0. The smallest absolute Gasteiger partial charge is 0.182 e. The second-order valence-corrected chi connectivity index (χ2v) is 13.3. The van der Waals surface area contributed by atoms with Crippen LogP contribution in [0.5, 0.6) is 11.5 Å². The first-order chi connectivity index (χ1) is 27.0. The molecule has 4 nitrogen and oxygen atoms in total. The maximum Gasteiger partial charge on any atom is 0.182 e. The number of rotatable bonds is 6. The molecule has 0 aromatic heterocycles. The number of fused-ring (bicyclic) bond motifs is 2. The van der Waals surface area contributed by atoms with Crippen molar-refractivity contribution in [2.24, 2.45) is 0 Å². The number of nitrogens with zero attached hydrogens (tertiary/aromatic N) is 2. The summed E-state index contributed by atoms with van der Waals surface area (Å²) in [5.41, 5.74) is 4.60. The van der Waals surface area contributed by atoms with E-state index < -0.39 is 58.6 Å². The Morgan fingerprint density at radius 1 is 0.446 bits per heavy atom. The van der Waals surface area contributed by atoms with Crippen LogP contribution >= 0.6 is 0 Å². The predicted molar refractivity (Wildman–Crippen MR) is 197 cm³/mol. The third-order valence-corrected chi connectivity index (χ3v) is 10.2. The highest BCUT2D eigenvalue weighted by Gasteiger charge is 2.33. The van der Waals surface area contributed by atoms with Crippen LogP contribution in [0.2, 0.25) is 0 Å². The molecule has 2 heterocycles. The lowest BCUT2D eigenvalue weighted by Gasteiger charge is -2.39. The molecule has 0 saturated heterocycles. The number of methoxy groups -OCH3 is 2. The monoisotopic (exact) mass is 774 g/mol. The molecular formula is C44H34F8N2O2. The Morgan fingerprint density at radius 2 is 0.857 bits per heavy atom. The first-order valence-electron chi connectivity index (χ1n) is 17.6. The highest BCUT2D eigenvalue weighted by molar-refractivity contribution is 5.59. The van der Waals surface area contributed by atoms with Gasteiger partial charge in [0.25, 0.3) is 0 Å². The zero-order valence-electron chi connectivity index (χ0n) is 30.1. The Bertz CT molecular complexity index is 2240. The van der Waals surface area contributed by atoms with Crippen molar-refractivity contribution in [1.29, 1.82) is 0 Å². The molecule has 0 fully saturated rings. The predicted octanol–water partition coefficient (Wildman–Crippen LogP) is 10.8. The van der Waals surface area contributed by atoms with Crippen LogP contribution in [-0.4, -0.2) is 27.3 Å². The van der Waals surface area contributed by atoms with E-state index in [1.54, 1.807) is 36.2 Å². The fourth-order valence-corrected chi connectivity index (χ4v) is 7.49. The van der Waals surface area contributed by atoms with Crippen molar-refractivity contribution in [1.82, 2.24) is 0 Å². The molecule has 0 unspecified atom stereocenters. The van der Waals surface area contributed by atoms with E-state index in [1.807, 2.05) is 24.3 Å². The molecular weight excluding hydrogens is 740 g/mol. The second kappa shape index (κ2) is 16.0. The average molecular weight is 775 g/mol. The van der Waals surface area contributed by atoms with E-state index in [0.717, 1.165) is 58.7 Å². The summed E-state index contributed by atoms with van der Waals surface area (Å²) in [6.07, 6.45) is 1.14. The summed E-state index contributed by atoms with van der Waals surface area (Å²) < 4.78 is 122. The number of hydrogen-bond donors (Lipinski definition) is 0. The fraction of sp³-hybridized carbons (Fsp3) is 0.182. The largest absolute Gasteiger partial charge is 0.497 e. The summed E-state index contributed by atoms with van der Waals surface area (Å²) in [4.78, 5) is 3.36. The minimum atomic E-state index is -0.988. The van der Waals surface area contributed by atoms with Gasteiger partial charge in [-0.2, -0.15) is 0 Å². The maximum absolute atomic E-state index is 14.5. The SMILES string of the molecule is COc1ccc2c(c1)CCN(c1cccc(F)c1F)[C@@H]2c1ccc(F)c(F)c1.COc1ccc2c(c1)CCN(c1cccc(F)c1F)[C@H]2c1ccc(F)c(F)c1. The van der Waals surface area contributed by atoms with E-state index in [1.165, 1.54) is 36.4 Å². The molecule has 8 rings (SSSR count). The van der Waals surface area contributed by atoms with Crippen molar-refractivity contribution in [2.75, 3.05) is 37.1 Å². The highest BCUT2D eigenvalue weighted by Crippen LogP contribution is 2.42. The molecule has 6 aromatic rings. The Kier molecular flexibility index (Phi) is 10.9. The molecule has 0 N–H and O–H groups in total. The van der Waals surface area contributed by atoms with Crippen LogP contribution in [0.4, 0.5) is 46.5 Å². The third kappa shape index (κ3) is 7.35. The summed E-state index contributed by atoms with van der Waals surface area (Å²) in [5.74, 6) is -6.39. The fourth-order valence-electron chi connectivity index (χ4n) is 7.49. The van der Waals surface area contributed by atoms with Gasteiger partial charge in [-0.25, -0.2) is 35.1 Å². The summed E-state index contributed by atoms with van der Waals surface area (Å²) in [6.45, 7) is 0.758. The minimum Gasteiger partial charge on any atom is -0.497 e. The zero-order chi connectivity index (χ0) is 39.7. The van der Waals surface area contributed by atoms with E-state index >= 15 is 0 Å². The Morgan fingerprint density at radius 3 is 1.23 bits per heavy atom. The van der Waals surface area contributed by atoms with Crippen molar-refractivity contribution in [3.05, 3.63) is 189 Å². The van der Waals surface area contributed by atoms with Crippen LogP contribution in [0.15, 0.2) is 109 Å². The van der Waals surface area contributed by atoms with Gasteiger partial charge < -0.3 is 19.3 Å². The molecule has 2 atom stereocenters. The first kappa shape index (κ1) is 38.2. The van der Waals surface area contributed by atoms with E-state index in [-0.39, 0.29) is 11.4 Å². The van der Waals surface area contributed by atoms with Gasteiger partial charge in [0.15, 0.2) is 46.5 Å². The number of anilines is 2. The van der Waals surface area contributed by atoms with Gasteiger partial charge >= 0.3 is 0 Å². The molecule has 56 heavy (non-hydrogen) atoms. The molecule has 2 aliphatic rings. The molecule has 0 bridgehead atoms. The third-order valence-electron chi connectivity index (χ3n) is 10.2. The number of hydrogen-bond acceptors (Lipinski definition) is 4. The van der Waals surface area contributed by atoms with Gasteiger partial charge in [-0.05, 0) is 119 Å². The van der Waals surface area contributed by atoms with Crippen LogP contribution in [-0.2, 0) is 12.8 Å². The van der Waals surface area contributed by atoms with Crippen molar-refractivity contribution in [3.63, 3.8) is 0 Å². The molecule has 0 amide bonds. The zero-order valence-corrected chi connectivity index (χ0v) is 30.1. The van der Waals surface area contributed by atoms with Gasteiger partial charge in [-0.15, -0.1) is 0 Å². The van der Waals surface area contributed by atoms with Crippen LogP contribution in [0.1, 0.15) is 45.5 Å². The van der Waals surface area contributed by atoms with Gasteiger partial charge in [0.2, 0.25) is 0 Å². The Balaban J connectivity index is 0.000000172. The average Bonchev–Trinajstić information content (AvgIpc) is 3.21. The lowest BCUT2D eigenvalue weighted by atomic mass is 9.87. The minimum absolute atomic E-state index is 0.0798. The van der Waals surface area contributed by atoms with Crippen LogP contribution in [0.3, 0.4) is 0 Å². The first-order valence-corrected chi connectivity index (χ1v) is 17.6. The van der Waals surface area contributed by atoms with E-state index in [0.29, 0.717) is 48.6 Å². The van der Waals surface area contributed by atoms with Crippen molar-refractivity contribution in [3.8, 4) is 11.5 Å². The molecule has 0 spiro atoms. The lowest BCUT2D eigenvalue weighted by Crippen LogP contribution is -2.37. The molecule has 6 aromatic carbocycles. The highest BCUT2D eigenvalue weighted by atomic mass is 19.2. The molecule has 0 aliphatic carbocycles. The standard InChI is InChI=1S/2C22H17F4NO/c2*1-28-15-6-7-16-13(11-15)9-10-27(20-4-2-3-18(24)21(20)26)22(16)14-5-8-17(23)19(25)12-14/h2*2-8,11-12,22H,9-10H2,1H3/t2*22-/m10/s1. The summed E-state index contributed by atoms with van der Waals surface area (Å²) in [7, 11) is 3.12. The topological polar surface area (TPSA) is 24.9 Å². The van der Waals surface area contributed by atoms with E-state index in [2.05, 4.69) is 0 Å². The number of ether oxygens (including phenoxy) is 2. The van der Waals surface area contributed by atoms with E-state index in [9.17, 15) is 35.1 Å². The van der Waals surface area contributed by atoms with Crippen molar-refractivity contribution >= 4 is 11.4 Å². The summed E-state index contributed by atoms with van der Waals surface area (Å²) in [6, 6.07) is 24.9.